The Bertz CT molecular complexity index is 1070. The zero-order valence-corrected chi connectivity index (χ0v) is 15.3. The lowest BCUT2D eigenvalue weighted by Crippen LogP contribution is -2.31. The van der Waals surface area contributed by atoms with E-state index >= 15 is 0 Å². The Morgan fingerprint density at radius 1 is 1.04 bits per heavy atom. The first-order chi connectivity index (χ1) is 13.2. The van der Waals surface area contributed by atoms with E-state index in [9.17, 15) is 4.79 Å². The lowest BCUT2D eigenvalue weighted by molar-refractivity contribution is -0.116. The van der Waals surface area contributed by atoms with E-state index < -0.39 is 0 Å². The van der Waals surface area contributed by atoms with E-state index in [0.717, 1.165) is 35.2 Å². The third-order valence-corrected chi connectivity index (χ3v) is 5.44. The first-order valence-corrected chi connectivity index (χ1v) is 9.40. The number of nitrogens with zero attached hydrogens (tertiary/aromatic N) is 3. The molecule has 0 fully saturated rings. The summed E-state index contributed by atoms with van der Waals surface area (Å²) in [4.78, 5) is 17.5. The summed E-state index contributed by atoms with van der Waals surface area (Å²) < 4.78 is 1.80. The van der Waals surface area contributed by atoms with Crippen molar-refractivity contribution in [3.05, 3.63) is 76.5 Å². The third kappa shape index (κ3) is 2.66. The predicted molar refractivity (Wildman–Crippen MR) is 105 cm³/mol. The molecule has 1 unspecified atom stereocenters. The summed E-state index contributed by atoms with van der Waals surface area (Å²) in [7, 11) is 0. The van der Waals surface area contributed by atoms with Crippen LogP contribution in [0.3, 0.4) is 0 Å². The summed E-state index contributed by atoms with van der Waals surface area (Å²) in [5.41, 5.74) is 3.50. The van der Waals surface area contributed by atoms with Gasteiger partial charge in [0.1, 0.15) is 6.04 Å². The molecular weight excluding hydrogens is 360 g/mol. The maximum atomic E-state index is 12.8. The molecule has 1 aliphatic heterocycles. The number of fused-ring (bicyclic) bond motifs is 1. The summed E-state index contributed by atoms with van der Waals surface area (Å²) in [5.74, 6) is 1.42. The molecule has 0 radical (unpaired) electrons. The number of halogens is 1. The normalized spacial score (nSPS) is 18.7. The van der Waals surface area contributed by atoms with Crippen LogP contribution in [0.15, 0.2) is 65.9 Å². The number of allylic oxidation sites excluding steroid dienone is 2. The van der Waals surface area contributed by atoms with Gasteiger partial charge in [0, 0.05) is 33.8 Å². The summed E-state index contributed by atoms with van der Waals surface area (Å²) >= 11 is 6.51. The average molecular weight is 377 g/mol. The van der Waals surface area contributed by atoms with Crippen LogP contribution in [0.4, 0.5) is 5.95 Å². The number of carbonyl (C=O) groups excluding carboxylic acids is 1. The average Bonchev–Trinajstić information content (AvgIpc) is 3.12. The van der Waals surface area contributed by atoms with Gasteiger partial charge in [-0.25, -0.2) is 4.68 Å². The van der Waals surface area contributed by atoms with Crippen LogP contribution in [0, 0.1) is 0 Å². The van der Waals surface area contributed by atoms with Crippen molar-refractivity contribution in [2.75, 3.05) is 5.32 Å². The summed E-state index contributed by atoms with van der Waals surface area (Å²) in [5, 5.41) is 8.71. The van der Waals surface area contributed by atoms with E-state index in [1.807, 2.05) is 54.6 Å². The topological polar surface area (TPSA) is 59.8 Å². The molecule has 27 heavy (non-hydrogen) atoms. The largest absolute Gasteiger partial charge is 0.328 e. The Balaban J connectivity index is 1.71. The summed E-state index contributed by atoms with van der Waals surface area (Å²) in [6.07, 6.45) is 2.23. The Morgan fingerprint density at radius 3 is 2.63 bits per heavy atom. The molecule has 5 rings (SSSR count). The van der Waals surface area contributed by atoms with Gasteiger partial charge in [0.15, 0.2) is 11.6 Å². The fraction of sp³-hybridized carbons (Fsp3) is 0.190. The summed E-state index contributed by atoms with van der Waals surface area (Å²) in [6, 6.07) is 17.1. The quantitative estimate of drug-likeness (QED) is 0.708. The molecule has 6 heteroatoms. The number of aromatic nitrogens is 3. The standard InChI is InChI=1S/C21H17ClN4O/c22-15-10-5-4-9-14(15)19-18-16(11-6-12-17(18)27)23-21-24-20(25-26(19)21)13-7-2-1-3-8-13/h1-5,7-10,19H,6,11-12H2,(H,23,24,25). The molecule has 0 bridgehead atoms. The van der Waals surface area contributed by atoms with Crippen LogP contribution in [0.2, 0.25) is 5.02 Å². The van der Waals surface area contributed by atoms with Crippen molar-refractivity contribution in [1.29, 1.82) is 0 Å². The Kier molecular flexibility index (Phi) is 3.83. The number of Topliss-reactive ketones (excluding diaryl/α,β-unsaturated/α-hetero) is 1. The van der Waals surface area contributed by atoms with Crippen molar-refractivity contribution in [3.63, 3.8) is 0 Å². The molecule has 3 aromatic rings. The van der Waals surface area contributed by atoms with Crippen molar-refractivity contribution >= 4 is 23.3 Å². The number of carbonyl (C=O) groups is 1. The van der Waals surface area contributed by atoms with Crippen LogP contribution in [0.5, 0.6) is 0 Å². The van der Waals surface area contributed by atoms with Crippen LogP contribution < -0.4 is 5.32 Å². The molecular formula is C21H17ClN4O. The minimum absolute atomic E-state index is 0.149. The number of hydrogen-bond acceptors (Lipinski definition) is 4. The molecule has 2 heterocycles. The zero-order valence-electron chi connectivity index (χ0n) is 14.5. The first-order valence-electron chi connectivity index (χ1n) is 9.02. The number of ketones is 1. The van der Waals surface area contributed by atoms with E-state index in [4.69, 9.17) is 21.7 Å². The van der Waals surface area contributed by atoms with Gasteiger partial charge in [-0.1, -0.05) is 60.1 Å². The second-order valence-electron chi connectivity index (χ2n) is 6.79. The van der Waals surface area contributed by atoms with Gasteiger partial charge >= 0.3 is 0 Å². The zero-order chi connectivity index (χ0) is 18.4. The van der Waals surface area contributed by atoms with E-state index in [1.54, 1.807) is 4.68 Å². The molecule has 2 aromatic carbocycles. The maximum Gasteiger partial charge on any atom is 0.226 e. The second-order valence-corrected chi connectivity index (χ2v) is 7.19. The van der Waals surface area contributed by atoms with E-state index in [-0.39, 0.29) is 11.8 Å². The number of anilines is 1. The van der Waals surface area contributed by atoms with Gasteiger partial charge in [-0.2, -0.15) is 4.98 Å². The van der Waals surface area contributed by atoms with Gasteiger partial charge in [0.25, 0.3) is 0 Å². The molecule has 0 saturated carbocycles. The molecule has 0 saturated heterocycles. The lowest BCUT2D eigenvalue weighted by Gasteiger charge is -2.32. The highest BCUT2D eigenvalue weighted by Crippen LogP contribution is 2.42. The van der Waals surface area contributed by atoms with Crippen LogP contribution in [0.25, 0.3) is 11.4 Å². The van der Waals surface area contributed by atoms with E-state index in [1.165, 1.54) is 0 Å². The Labute approximate surface area is 161 Å². The van der Waals surface area contributed by atoms with Crippen LogP contribution >= 0.6 is 11.6 Å². The van der Waals surface area contributed by atoms with Gasteiger partial charge in [0.2, 0.25) is 5.95 Å². The predicted octanol–water partition coefficient (Wildman–Crippen LogP) is 4.62. The van der Waals surface area contributed by atoms with Crippen LogP contribution in [-0.2, 0) is 4.79 Å². The Morgan fingerprint density at radius 2 is 1.81 bits per heavy atom. The molecule has 134 valence electrons. The highest BCUT2D eigenvalue weighted by Gasteiger charge is 2.37. The minimum atomic E-state index is -0.359. The van der Waals surface area contributed by atoms with Crippen molar-refractivity contribution in [1.82, 2.24) is 14.8 Å². The highest BCUT2D eigenvalue weighted by molar-refractivity contribution is 6.31. The first kappa shape index (κ1) is 16.3. The maximum absolute atomic E-state index is 12.8. The number of nitrogens with one attached hydrogen (secondary N) is 1. The fourth-order valence-corrected chi connectivity index (χ4v) is 4.09. The molecule has 1 aromatic heterocycles. The number of hydrogen-bond donors (Lipinski definition) is 1. The van der Waals surface area contributed by atoms with Crippen LogP contribution in [0.1, 0.15) is 30.9 Å². The third-order valence-electron chi connectivity index (χ3n) is 5.10. The van der Waals surface area contributed by atoms with Crippen molar-refractivity contribution in [2.24, 2.45) is 0 Å². The van der Waals surface area contributed by atoms with E-state index in [0.29, 0.717) is 23.2 Å². The highest BCUT2D eigenvalue weighted by atomic mass is 35.5. The summed E-state index contributed by atoms with van der Waals surface area (Å²) in [6.45, 7) is 0. The molecule has 0 spiro atoms. The minimum Gasteiger partial charge on any atom is -0.328 e. The fourth-order valence-electron chi connectivity index (χ4n) is 3.85. The molecule has 1 N–H and O–H groups in total. The van der Waals surface area contributed by atoms with Crippen molar-refractivity contribution in [2.45, 2.75) is 25.3 Å². The van der Waals surface area contributed by atoms with Crippen LogP contribution in [-0.4, -0.2) is 20.5 Å². The van der Waals surface area contributed by atoms with Gasteiger partial charge in [-0.3, -0.25) is 4.79 Å². The van der Waals surface area contributed by atoms with Gasteiger partial charge in [-0.15, -0.1) is 5.10 Å². The van der Waals surface area contributed by atoms with E-state index in [2.05, 4.69) is 5.32 Å². The molecule has 0 amide bonds. The van der Waals surface area contributed by atoms with Gasteiger partial charge in [0.05, 0.1) is 0 Å². The smallest absolute Gasteiger partial charge is 0.226 e. The van der Waals surface area contributed by atoms with Crippen molar-refractivity contribution < 1.29 is 4.79 Å². The lowest BCUT2D eigenvalue weighted by atomic mass is 9.85. The van der Waals surface area contributed by atoms with Crippen molar-refractivity contribution in [3.8, 4) is 11.4 Å². The number of benzene rings is 2. The molecule has 1 atom stereocenters. The monoisotopic (exact) mass is 376 g/mol. The molecule has 5 nitrogen and oxygen atoms in total. The van der Waals surface area contributed by atoms with Gasteiger partial charge in [-0.05, 0) is 18.9 Å². The molecule has 1 aliphatic carbocycles. The number of rotatable bonds is 2. The SMILES string of the molecule is O=C1CCCC2=C1C(c1ccccc1Cl)n1nc(-c3ccccc3)nc1N2. The molecule has 2 aliphatic rings. The Hall–Kier alpha value is -2.92. The van der Waals surface area contributed by atoms with Gasteiger partial charge < -0.3 is 5.32 Å². The second kappa shape index (κ2) is 6.35.